The molecule has 2 heterocycles. The second-order valence-electron chi connectivity index (χ2n) is 6.46. The van der Waals surface area contributed by atoms with Gasteiger partial charge in [-0.05, 0) is 53.8 Å². The van der Waals surface area contributed by atoms with Crippen LogP contribution in [-0.2, 0) is 11.2 Å². The van der Waals surface area contributed by atoms with Crippen LogP contribution in [0.4, 0.5) is 0 Å². The van der Waals surface area contributed by atoms with Crippen molar-refractivity contribution in [3.05, 3.63) is 53.6 Å². The molecule has 1 saturated heterocycles. The molecule has 2 N–H and O–H groups in total. The predicted molar refractivity (Wildman–Crippen MR) is 94.6 cm³/mol. The quantitative estimate of drug-likeness (QED) is 0.904. The molecule has 1 atom stereocenters. The van der Waals surface area contributed by atoms with Crippen LogP contribution >= 0.6 is 0 Å². The lowest BCUT2D eigenvalue weighted by Crippen LogP contribution is -2.50. The first-order chi connectivity index (χ1) is 12.2. The summed E-state index contributed by atoms with van der Waals surface area (Å²) in [6, 6.07) is 13.2. The number of piperidine rings is 1. The van der Waals surface area contributed by atoms with Crippen LogP contribution in [0.1, 0.15) is 28.8 Å². The van der Waals surface area contributed by atoms with Crippen molar-refractivity contribution in [2.45, 2.75) is 25.3 Å². The maximum absolute atomic E-state index is 12.4. The molecule has 5 heteroatoms. The largest absolute Gasteiger partial charge is 0.493 e. The zero-order valence-corrected chi connectivity index (χ0v) is 13.9. The minimum Gasteiger partial charge on any atom is -0.493 e. The molecule has 1 unspecified atom stereocenters. The maximum atomic E-state index is 12.4. The number of hydrogen-bond acceptors (Lipinski definition) is 3. The molecule has 1 fully saturated rings. The Labute approximate surface area is 146 Å². The molecule has 2 aliphatic heterocycles. The molecule has 2 aromatic carbocycles. The molecule has 0 bridgehead atoms. The Morgan fingerprint density at radius 2 is 1.92 bits per heavy atom. The molecule has 0 aliphatic carbocycles. The topological polar surface area (TPSA) is 67.4 Å². The molecule has 0 aromatic heterocycles. The average Bonchev–Trinajstić information content (AvgIpc) is 3.11. The Balaban J connectivity index is 1.48. The van der Waals surface area contributed by atoms with Crippen LogP contribution in [0.5, 0.6) is 5.75 Å². The van der Waals surface area contributed by atoms with E-state index in [0.717, 1.165) is 36.3 Å². The van der Waals surface area contributed by atoms with E-state index >= 15 is 0 Å². The van der Waals surface area contributed by atoms with E-state index in [4.69, 9.17) is 4.74 Å². The van der Waals surface area contributed by atoms with Gasteiger partial charge in [-0.2, -0.15) is 0 Å². The third-order valence-electron chi connectivity index (χ3n) is 4.76. The number of fused-ring (bicyclic) bond motifs is 1. The van der Waals surface area contributed by atoms with Crippen LogP contribution < -0.4 is 15.4 Å². The second kappa shape index (κ2) is 6.59. The van der Waals surface area contributed by atoms with Crippen molar-refractivity contribution in [1.82, 2.24) is 10.6 Å². The van der Waals surface area contributed by atoms with Gasteiger partial charge in [0.1, 0.15) is 11.8 Å². The zero-order chi connectivity index (χ0) is 17.2. The number of hydrogen-bond donors (Lipinski definition) is 2. The van der Waals surface area contributed by atoms with Gasteiger partial charge in [0.15, 0.2) is 0 Å². The standard InChI is InChI=1S/C20H20N2O3/c23-19(22-17-2-1-10-21-20(17)24)14-5-3-13(4-6-14)15-7-8-18-16(12-15)9-11-25-18/h3-8,12,17H,1-2,9-11H2,(H,21,24)(H,22,23). The highest BCUT2D eigenvalue weighted by Gasteiger charge is 2.24. The summed E-state index contributed by atoms with van der Waals surface area (Å²) in [5.41, 5.74) is 3.96. The zero-order valence-electron chi connectivity index (χ0n) is 13.9. The number of carbonyl (C=O) groups is 2. The van der Waals surface area contributed by atoms with Crippen molar-refractivity contribution < 1.29 is 14.3 Å². The van der Waals surface area contributed by atoms with Crippen LogP contribution in [0.3, 0.4) is 0 Å². The van der Waals surface area contributed by atoms with Crippen molar-refractivity contribution in [2.75, 3.05) is 13.2 Å². The molecule has 0 saturated carbocycles. The summed E-state index contributed by atoms with van der Waals surface area (Å²) < 4.78 is 5.54. The van der Waals surface area contributed by atoms with Gasteiger partial charge in [-0.1, -0.05) is 18.2 Å². The lowest BCUT2D eigenvalue weighted by molar-refractivity contribution is -0.124. The third-order valence-corrected chi connectivity index (χ3v) is 4.76. The van der Waals surface area contributed by atoms with Crippen molar-refractivity contribution in [2.24, 2.45) is 0 Å². The van der Waals surface area contributed by atoms with Crippen molar-refractivity contribution in [1.29, 1.82) is 0 Å². The van der Waals surface area contributed by atoms with Gasteiger partial charge in [-0.3, -0.25) is 9.59 Å². The van der Waals surface area contributed by atoms with Gasteiger partial charge in [0.25, 0.3) is 5.91 Å². The van der Waals surface area contributed by atoms with E-state index in [2.05, 4.69) is 16.7 Å². The van der Waals surface area contributed by atoms with Gasteiger partial charge < -0.3 is 15.4 Å². The Morgan fingerprint density at radius 3 is 2.72 bits per heavy atom. The fourth-order valence-electron chi connectivity index (χ4n) is 3.33. The fourth-order valence-corrected chi connectivity index (χ4v) is 3.33. The van der Waals surface area contributed by atoms with E-state index in [1.54, 1.807) is 12.1 Å². The van der Waals surface area contributed by atoms with Gasteiger partial charge in [-0.15, -0.1) is 0 Å². The number of nitrogens with one attached hydrogen (secondary N) is 2. The minimum atomic E-state index is -0.433. The molecule has 2 aromatic rings. The lowest BCUT2D eigenvalue weighted by atomic mass is 10.0. The predicted octanol–water partition coefficient (Wildman–Crippen LogP) is 2.30. The minimum absolute atomic E-state index is 0.100. The maximum Gasteiger partial charge on any atom is 0.251 e. The monoisotopic (exact) mass is 336 g/mol. The summed E-state index contributed by atoms with van der Waals surface area (Å²) in [6.45, 7) is 1.43. The van der Waals surface area contributed by atoms with E-state index < -0.39 is 6.04 Å². The highest BCUT2D eigenvalue weighted by molar-refractivity contribution is 5.98. The van der Waals surface area contributed by atoms with E-state index in [1.165, 1.54) is 5.56 Å². The molecule has 0 radical (unpaired) electrons. The van der Waals surface area contributed by atoms with Crippen molar-refractivity contribution >= 4 is 11.8 Å². The van der Waals surface area contributed by atoms with Crippen LogP contribution in [0.25, 0.3) is 11.1 Å². The molecule has 25 heavy (non-hydrogen) atoms. The fraction of sp³-hybridized carbons (Fsp3) is 0.300. The van der Waals surface area contributed by atoms with Crippen LogP contribution in [-0.4, -0.2) is 31.0 Å². The Kier molecular flexibility index (Phi) is 4.14. The normalized spacial score (nSPS) is 18.9. The van der Waals surface area contributed by atoms with Gasteiger partial charge in [0.2, 0.25) is 5.91 Å². The first-order valence-corrected chi connectivity index (χ1v) is 8.65. The second-order valence-corrected chi connectivity index (χ2v) is 6.46. The van der Waals surface area contributed by atoms with E-state index in [9.17, 15) is 9.59 Å². The summed E-state index contributed by atoms with van der Waals surface area (Å²) in [6.07, 6.45) is 2.51. The summed E-state index contributed by atoms with van der Waals surface area (Å²) in [5.74, 6) is 0.651. The number of benzene rings is 2. The molecule has 128 valence electrons. The molecule has 2 aliphatic rings. The van der Waals surface area contributed by atoms with Gasteiger partial charge in [0, 0.05) is 18.5 Å². The van der Waals surface area contributed by atoms with Crippen molar-refractivity contribution in [3.63, 3.8) is 0 Å². The number of ether oxygens (including phenoxy) is 1. The smallest absolute Gasteiger partial charge is 0.251 e. The summed E-state index contributed by atoms with van der Waals surface area (Å²) >= 11 is 0. The first kappa shape index (κ1) is 15.7. The first-order valence-electron chi connectivity index (χ1n) is 8.65. The highest BCUT2D eigenvalue weighted by atomic mass is 16.5. The SMILES string of the molecule is O=C(NC1CCCNC1=O)c1ccc(-c2ccc3c(c2)CCO3)cc1. The number of carbonyl (C=O) groups excluding carboxylic acids is 2. The summed E-state index contributed by atoms with van der Waals surface area (Å²) in [7, 11) is 0. The number of amides is 2. The Hall–Kier alpha value is -2.82. The van der Waals surface area contributed by atoms with Gasteiger partial charge in [-0.25, -0.2) is 0 Å². The molecule has 4 rings (SSSR count). The van der Waals surface area contributed by atoms with Crippen LogP contribution in [0, 0.1) is 0 Å². The van der Waals surface area contributed by atoms with E-state index in [0.29, 0.717) is 18.5 Å². The third kappa shape index (κ3) is 3.22. The highest BCUT2D eigenvalue weighted by Crippen LogP contribution is 2.30. The van der Waals surface area contributed by atoms with Crippen molar-refractivity contribution in [3.8, 4) is 16.9 Å². The van der Waals surface area contributed by atoms with E-state index in [1.807, 2.05) is 24.3 Å². The summed E-state index contributed by atoms with van der Waals surface area (Å²) in [4.78, 5) is 24.1. The van der Waals surface area contributed by atoms with Gasteiger partial charge >= 0.3 is 0 Å². The average molecular weight is 336 g/mol. The molecule has 5 nitrogen and oxygen atoms in total. The van der Waals surface area contributed by atoms with Crippen LogP contribution in [0.15, 0.2) is 42.5 Å². The van der Waals surface area contributed by atoms with E-state index in [-0.39, 0.29) is 11.8 Å². The van der Waals surface area contributed by atoms with Gasteiger partial charge in [0.05, 0.1) is 6.61 Å². The Bertz CT molecular complexity index is 814. The molecule has 0 spiro atoms. The summed E-state index contributed by atoms with van der Waals surface area (Å²) in [5, 5.41) is 5.59. The number of rotatable bonds is 3. The lowest BCUT2D eigenvalue weighted by Gasteiger charge is -2.22. The molecular weight excluding hydrogens is 316 g/mol. The van der Waals surface area contributed by atoms with Crippen LogP contribution in [0.2, 0.25) is 0 Å². The molecular formula is C20H20N2O3. The molecule has 2 amide bonds. The Morgan fingerprint density at radius 1 is 1.12 bits per heavy atom.